The van der Waals surface area contributed by atoms with E-state index in [2.05, 4.69) is 9.97 Å². The van der Waals surface area contributed by atoms with Crippen LogP contribution in [0, 0.1) is 12.7 Å². The molecule has 0 spiro atoms. The lowest BCUT2D eigenvalue weighted by Crippen LogP contribution is -2.40. The van der Waals surface area contributed by atoms with Crippen molar-refractivity contribution in [2.24, 2.45) is 0 Å². The fourth-order valence-corrected chi connectivity index (χ4v) is 2.96. The van der Waals surface area contributed by atoms with Gasteiger partial charge in [0.05, 0.1) is 6.42 Å². The summed E-state index contributed by atoms with van der Waals surface area (Å²) in [6.45, 7) is 3.47. The number of likely N-dealkylation sites (tertiary alicyclic amines) is 1. The van der Waals surface area contributed by atoms with Crippen molar-refractivity contribution in [3.05, 3.63) is 53.4 Å². The van der Waals surface area contributed by atoms with E-state index < -0.39 is 0 Å². The van der Waals surface area contributed by atoms with Crippen LogP contribution in [0.5, 0.6) is 0 Å². The molecule has 22 heavy (non-hydrogen) atoms. The highest BCUT2D eigenvalue weighted by Gasteiger charge is 2.26. The van der Waals surface area contributed by atoms with Crippen LogP contribution in [0.2, 0.25) is 0 Å². The average Bonchev–Trinajstić information content (AvgIpc) is 2.96. The molecule has 0 unspecified atom stereocenters. The Morgan fingerprint density at radius 2 is 2.18 bits per heavy atom. The number of rotatable bonds is 3. The first-order valence-corrected chi connectivity index (χ1v) is 7.65. The zero-order valence-corrected chi connectivity index (χ0v) is 12.7. The number of hydrogen-bond donors (Lipinski definition) is 1. The number of H-pyrrole nitrogens is 1. The molecule has 3 rings (SSSR count). The number of benzene rings is 1. The molecule has 2 aromatic rings. The highest BCUT2D eigenvalue weighted by Crippen LogP contribution is 2.25. The highest BCUT2D eigenvalue weighted by atomic mass is 19.1. The van der Waals surface area contributed by atoms with Crippen LogP contribution >= 0.6 is 0 Å². The molecule has 4 nitrogen and oxygen atoms in total. The van der Waals surface area contributed by atoms with Crippen molar-refractivity contribution in [3.8, 4) is 0 Å². The van der Waals surface area contributed by atoms with E-state index in [1.807, 2.05) is 18.0 Å². The molecule has 1 amide bonds. The van der Waals surface area contributed by atoms with Crippen molar-refractivity contribution in [1.82, 2.24) is 14.9 Å². The molecule has 1 aliphatic heterocycles. The van der Waals surface area contributed by atoms with E-state index in [1.165, 1.54) is 12.1 Å². The van der Waals surface area contributed by atoms with Crippen LogP contribution in [-0.4, -0.2) is 33.9 Å². The smallest absolute Gasteiger partial charge is 0.227 e. The molecule has 1 aliphatic rings. The molecule has 0 bridgehead atoms. The van der Waals surface area contributed by atoms with Gasteiger partial charge in [-0.3, -0.25) is 4.79 Å². The zero-order chi connectivity index (χ0) is 15.5. The van der Waals surface area contributed by atoms with E-state index in [4.69, 9.17) is 0 Å². The van der Waals surface area contributed by atoms with Crippen molar-refractivity contribution >= 4 is 5.91 Å². The second-order valence-electron chi connectivity index (χ2n) is 5.93. The average molecular weight is 301 g/mol. The first-order valence-electron chi connectivity index (χ1n) is 7.65. The normalized spacial score (nSPS) is 18.5. The summed E-state index contributed by atoms with van der Waals surface area (Å²) in [5, 5.41) is 0. The Morgan fingerprint density at radius 3 is 2.86 bits per heavy atom. The molecule has 0 aliphatic carbocycles. The number of carbonyl (C=O) groups is 1. The van der Waals surface area contributed by atoms with E-state index in [0.29, 0.717) is 13.0 Å². The topological polar surface area (TPSA) is 49.0 Å². The summed E-state index contributed by atoms with van der Waals surface area (Å²) in [6.07, 6.45) is 4.19. The van der Waals surface area contributed by atoms with Gasteiger partial charge < -0.3 is 9.88 Å². The number of aryl methyl sites for hydroxylation is 1. The molecule has 1 saturated heterocycles. The molecule has 1 N–H and O–H groups in total. The van der Waals surface area contributed by atoms with Crippen LogP contribution in [0.1, 0.15) is 35.8 Å². The second-order valence-corrected chi connectivity index (χ2v) is 5.93. The molecule has 1 fully saturated rings. The maximum atomic E-state index is 12.9. The molecule has 5 heteroatoms. The summed E-state index contributed by atoms with van der Waals surface area (Å²) in [4.78, 5) is 22.0. The maximum absolute atomic E-state index is 12.9. The van der Waals surface area contributed by atoms with Gasteiger partial charge in [0, 0.05) is 30.9 Å². The van der Waals surface area contributed by atoms with Crippen LogP contribution in [0.15, 0.2) is 30.5 Å². The fourth-order valence-electron chi connectivity index (χ4n) is 2.96. The van der Waals surface area contributed by atoms with Gasteiger partial charge in [0.1, 0.15) is 11.6 Å². The van der Waals surface area contributed by atoms with Gasteiger partial charge in [0.25, 0.3) is 0 Å². The van der Waals surface area contributed by atoms with E-state index in [1.54, 1.807) is 12.1 Å². The van der Waals surface area contributed by atoms with Gasteiger partial charge in [0.2, 0.25) is 5.91 Å². The molecule has 1 atom stereocenters. The van der Waals surface area contributed by atoms with Gasteiger partial charge in [-0.1, -0.05) is 12.1 Å². The van der Waals surface area contributed by atoms with Crippen LogP contribution in [0.3, 0.4) is 0 Å². The minimum absolute atomic E-state index is 0.0968. The van der Waals surface area contributed by atoms with E-state index in [-0.39, 0.29) is 17.6 Å². The van der Waals surface area contributed by atoms with Gasteiger partial charge in [-0.2, -0.15) is 0 Å². The van der Waals surface area contributed by atoms with Crippen LogP contribution in [0.4, 0.5) is 4.39 Å². The lowest BCUT2D eigenvalue weighted by molar-refractivity contribution is -0.131. The number of amides is 1. The Kier molecular flexibility index (Phi) is 4.22. The number of halogens is 1. The van der Waals surface area contributed by atoms with Crippen LogP contribution < -0.4 is 0 Å². The first kappa shape index (κ1) is 14.8. The minimum atomic E-state index is -0.276. The molecular weight excluding hydrogens is 281 g/mol. The van der Waals surface area contributed by atoms with E-state index in [9.17, 15) is 9.18 Å². The fraction of sp³-hybridized carbons (Fsp3) is 0.412. The Labute approximate surface area is 129 Å². The van der Waals surface area contributed by atoms with Gasteiger partial charge in [-0.05, 0) is 37.5 Å². The van der Waals surface area contributed by atoms with Crippen molar-refractivity contribution in [2.45, 2.75) is 32.1 Å². The summed E-state index contributed by atoms with van der Waals surface area (Å²) in [5.74, 6) is 1.07. The standard InChI is InChI=1S/C17H20FN3O/c1-12-10-19-17(20-12)14-3-2-8-21(11-14)16(22)9-13-4-6-15(18)7-5-13/h4-7,10,14H,2-3,8-9,11H2,1H3,(H,19,20)/t14-/m0/s1. The summed E-state index contributed by atoms with van der Waals surface area (Å²) in [5.41, 5.74) is 1.90. The van der Waals surface area contributed by atoms with Gasteiger partial charge in [-0.15, -0.1) is 0 Å². The molecule has 0 radical (unpaired) electrons. The zero-order valence-electron chi connectivity index (χ0n) is 12.7. The van der Waals surface area contributed by atoms with Crippen LogP contribution in [-0.2, 0) is 11.2 Å². The van der Waals surface area contributed by atoms with Crippen molar-refractivity contribution < 1.29 is 9.18 Å². The molecule has 2 heterocycles. The third-order valence-corrected chi connectivity index (χ3v) is 4.15. The van der Waals surface area contributed by atoms with Crippen LogP contribution in [0.25, 0.3) is 0 Å². The van der Waals surface area contributed by atoms with Gasteiger partial charge in [-0.25, -0.2) is 9.37 Å². The SMILES string of the molecule is Cc1cnc([C@H]2CCCN(C(=O)Cc3ccc(F)cc3)C2)[nH]1. The third-order valence-electron chi connectivity index (χ3n) is 4.15. The molecule has 0 saturated carbocycles. The summed E-state index contributed by atoms with van der Waals surface area (Å²) >= 11 is 0. The van der Waals surface area contributed by atoms with E-state index >= 15 is 0 Å². The molecular formula is C17H20FN3O. The monoisotopic (exact) mass is 301 g/mol. The van der Waals surface area contributed by atoms with Crippen molar-refractivity contribution in [1.29, 1.82) is 0 Å². The first-order chi connectivity index (χ1) is 10.6. The quantitative estimate of drug-likeness (QED) is 0.947. The lowest BCUT2D eigenvalue weighted by Gasteiger charge is -2.32. The summed E-state index contributed by atoms with van der Waals surface area (Å²) in [7, 11) is 0. The number of piperidine rings is 1. The summed E-state index contributed by atoms with van der Waals surface area (Å²) < 4.78 is 12.9. The molecule has 116 valence electrons. The maximum Gasteiger partial charge on any atom is 0.227 e. The lowest BCUT2D eigenvalue weighted by atomic mass is 9.96. The number of nitrogens with one attached hydrogen (secondary N) is 1. The van der Waals surface area contributed by atoms with Gasteiger partial charge in [0.15, 0.2) is 0 Å². The number of aromatic nitrogens is 2. The largest absolute Gasteiger partial charge is 0.346 e. The second kappa shape index (κ2) is 6.30. The number of aromatic amines is 1. The Morgan fingerprint density at radius 1 is 1.41 bits per heavy atom. The van der Waals surface area contributed by atoms with Crippen molar-refractivity contribution in [2.75, 3.05) is 13.1 Å². The number of carbonyl (C=O) groups excluding carboxylic acids is 1. The molecule has 1 aromatic carbocycles. The Balaban J connectivity index is 1.63. The predicted molar refractivity (Wildman–Crippen MR) is 82.0 cm³/mol. The predicted octanol–water partition coefficient (Wildman–Crippen LogP) is 2.81. The third kappa shape index (κ3) is 3.35. The molecule has 1 aromatic heterocycles. The minimum Gasteiger partial charge on any atom is -0.346 e. The Hall–Kier alpha value is -2.17. The van der Waals surface area contributed by atoms with Gasteiger partial charge >= 0.3 is 0 Å². The highest BCUT2D eigenvalue weighted by molar-refractivity contribution is 5.78. The Bertz CT molecular complexity index is 650. The number of nitrogens with zero attached hydrogens (tertiary/aromatic N) is 2. The van der Waals surface area contributed by atoms with E-state index in [0.717, 1.165) is 36.5 Å². The number of imidazole rings is 1. The van der Waals surface area contributed by atoms with Crippen molar-refractivity contribution in [3.63, 3.8) is 0 Å². The summed E-state index contributed by atoms with van der Waals surface area (Å²) in [6, 6.07) is 6.13. The number of hydrogen-bond acceptors (Lipinski definition) is 2.